The van der Waals surface area contributed by atoms with Crippen molar-refractivity contribution >= 4 is 17.6 Å². The molecular weight excluding hydrogens is 326 g/mol. The van der Waals surface area contributed by atoms with E-state index in [1.54, 1.807) is 4.52 Å². The minimum absolute atomic E-state index is 0.109. The predicted octanol–water partition coefficient (Wildman–Crippen LogP) is 3.71. The Bertz CT molecular complexity index is 874. The zero-order valence-electron chi connectivity index (χ0n) is 14.9. The van der Waals surface area contributed by atoms with Gasteiger partial charge in [0.25, 0.3) is 5.95 Å². The second kappa shape index (κ2) is 6.78. The van der Waals surface area contributed by atoms with Gasteiger partial charge in [-0.3, -0.25) is 5.32 Å². The maximum absolute atomic E-state index is 12.7. The summed E-state index contributed by atoms with van der Waals surface area (Å²) in [5.41, 5.74) is 2.18. The van der Waals surface area contributed by atoms with E-state index in [2.05, 4.69) is 46.6 Å². The Balaban J connectivity index is 1.44. The van der Waals surface area contributed by atoms with Crippen molar-refractivity contribution in [1.29, 1.82) is 0 Å². The lowest BCUT2D eigenvalue weighted by Crippen LogP contribution is -2.36. The number of amides is 2. The van der Waals surface area contributed by atoms with Gasteiger partial charge in [-0.2, -0.15) is 4.98 Å². The largest absolute Gasteiger partial charge is 0.324 e. The molecule has 2 aromatic heterocycles. The Hall–Kier alpha value is -2.89. The van der Waals surface area contributed by atoms with Crippen molar-refractivity contribution in [1.82, 2.24) is 19.5 Å². The van der Waals surface area contributed by atoms with Gasteiger partial charge in [0.2, 0.25) is 0 Å². The maximum atomic E-state index is 12.7. The molecule has 1 aliphatic heterocycles. The summed E-state index contributed by atoms with van der Waals surface area (Å²) in [6.07, 6.45) is 4.82. The third-order valence-electron chi connectivity index (χ3n) is 5.31. The van der Waals surface area contributed by atoms with E-state index in [1.807, 2.05) is 35.4 Å². The molecule has 3 aromatic rings. The first-order valence-electron chi connectivity index (χ1n) is 9.07. The molecule has 1 unspecified atom stereocenters. The van der Waals surface area contributed by atoms with Gasteiger partial charge in [-0.05, 0) is 42.4 Å². The van der Waals surface area contributed by atoms with Gasteiger partial charge < -0.3 is 4.90 Å². The van der Waals surface area contributed by atoms with Gasteiger partial charge >= 0.3 is 6.03 Å². The minimum atomic E-state index is -0.127. The first-order chi connectivity index (χ1) is 12.6. The third-order valence-corrected chi connectivity index (χ3v) is 5.31. The number of aromatic nitrogens is 3. The van der Waals surface area contributed by atoms with Gasteiger partial charge in [0.15, 0.2) is 5.65 Å². The molecule has 6 heteroatoms. The van der Waals surface area contributed by atoms with E-state index in [1.165, 1.54) is 5.56 Å². The summed E-state index contributed by atoms with van der Waals surface area (Å²) >= 11 is 0. The summed E-state index contributed by atoms with van der Waals surface area (Å²) in [6, 6.07) is 16.1. The van der Waals surface area contributed by atoms with Crippen LogP contribution in [0.2, 0.25) is 0 Å². The molecule has 134 valence electrons. The molecule has 0 spiro atoms. The molecule has 6 nitrogen and oxygen atoms in total. The minimum Gasteiger partial charge on any atom is -0.324 e. The predicted molar refractivity (Wildman–Crippen MR) is 101 cm³/mol. The van der Waals surface area contributed by atoms with E-state index in [-0.39, 0.29) is 11.4 Å². The lowest BCUT2D eigenvalue weighted by molar-refractivity contribution is 0.212. The second-order valence-corrected chi connectivity index (χ2v) is 7.14. The number of fused-ring (bicyclic) bond motifs is 1. The number of nitrogens with zero attached hydrogens (tertiary/aromatic N) is 4. The van der Waals surface area contributed by atoms with Crippen LogP contribution in [0.15, 0.2) is 54.7 Å². The number of hydrogen-bond acceptors (Lipinski definition) is 3. The standard InChI is InChI=1S/C20H23N5O/c1-20(16-8-3-2-4-9-16)11-7-13-24(15-12-20)19(26)22-18-21-17-10-5-6-14-25(17)23-18/h2-6,8-10,14H,7,11-13,15H2,1H3,(H,22,23,26). The quantitative estimate of drug-likeness (QED) is 0.767. The van der Waals surface area contributed by atoms with Crippen LogP contribution in [0.25, 0.3) is 5.65 Å². The van der Waals surface area contributed by atoms with Crippen LogP contribution in [0.5, 0.6) is 0 Å². The van der Waals surface area contributed by atoms with E-state index in [9.17, 15) is 4.79 Å². The number of hydrogen-bond donors (Lipinski definition) is 1. The van der Waals surface area contributed by atoms with Crippen molar-refractivity contribution in [2.24, 2.45) is 0 Å². The SMILES string of the molecule is CC1(c2ccccc2)CCCN(C(=O)Nc2nc3ccccn3n2)CC1. The molecule has 3 heterocycles. The Morgan fingerprint density at radius 3 is 2.69 bits per heavy atom. The summed E-state index contributed by atoms with van der Waals surface area (Å²) in [5.74, 6) is 0.344. The lowest BCUT2D eigenvalue weighted by Gasteiger charge is -2.29. The van der Waals surface area contributed by atoms with Crippen LogP contribution in [0.3, 0.4) is 0 Å². The van der Waals surface area contributed by atoms with Crippen molar-refractivity contribution in [3.8, 4) is 0 Å². The van der Waals surface area contributed by atoms with Crippen molar-refractivity contribution < 1.29 is 4.79 Å². The number of urea groups is 1. The molecular formula is C20H23N5O. The van der Waals surface area contributed by atoms with Crippen LogP contribution < -0.4 is 5.32 Å². The van der Waals surface area contributed by atoms with Crippen LogP contribution in [-0.2, 0) is 5.41 Å². The number of rotatable bonds is 2. The van der Waals surface area contributed by atoms with Crippen LogP contribution in [0.1, 0.15) is 31.7 Å². The van der Waals surface area contributed by atoms with Crippen molar-refractivity contribution in [2.75, 3.05) is 18.4 Å². The number of carbonyl (C=O) groups is 1. The fourth-order valence-corrected chi connectivity index (χ4v) is 3.67. The summed E-state index contributed by atoms with van der Waals surface area (Å²) < 4.78 is 1.66. The second-order valence-electron chi connectivity index (χ2n) is 7.14. The van der Waals surface area contributed by atoms with E-state index < -0.39 is 0 Å². The monoisotopic (exact) mass is 349 g/mol. The first kappa shape index (κ1) is 16.6. The van der Waals surface area contributed by atoms with Gasteiger partial charge in [-0.1, -0.05) is 43.3 Å². The average molecular weight is 349 g/mol. The van der Waals surface area contributed by atoms with Gasteiger partial charge in [0.1, 0.15) is 0 Å². The topological polar surface area (TPSA) is 62.5 Å². The fourth-order valence-electron chi connectivity index (χ4n) is 3.67. The van der Waals surface area contributed by atoms with E-state index >= 15 is 0 Å². The number of benzene rings is 1. The van der Waals surface area contributed by atoms with Crippen LogP contribution in [0.4, 0.5) is 10.7 Å². The Kier molecular flexibility index (Phi) is 4.32. The molecule has 1 fully saturated rings. The fraction of sp³-hybridized carbons (Fsp3) is 0.350. The smallest absolute Gasteiger partial charge is 0.324 e. The molecule has 1 saturated heterocycles. The van der Waals surface area contributed by atoms with Gasteiger partial charge in [0.05, 0.1) is 0 Å². The molecule has 0 saturated carbocycles. The van der Waals surface area contributed by atoms with Crippen LogP contribution in [-0.4, -0.2) is 38.6 Å². The van der Waals surface area contributed by atoms with E-state index in [4.69, 9.17) is 0 Å². The van der Waals surface area contributed by atoms with Gasteiger partial charge in [0, 0.05) is 19.3 Å². The van der Waals surface area contributed by atoms with Crippen molar-refractivity contribution in [3.05, 3.63) is 60.3 Å². The summed E-state index contributed by atoms with van der Waals surface area (Å²) in [6.45, 7) is 3.78. The highest BCUT2D eigenvalue weighted by Gasteiger charge is 2.31. The number of pyridine rings is 1. The summed E-state index contributed by atoms with van der Waals surface area (Å²) in [7, 11) is 0. The highest BCUT2D eigenvalue weighted by molar-refractivity contribution is 5.87. The molecule has 26 heavy (non-hydrogen) atoms. The number of carbonyl (C=O) groups excluding carboxylic acids is 1. The Labute approximate surface area is 152 Å². The van der Waals surface area contributed by atoms with Crippen molar-refractivity contribution in [2.45, 2.75) is 31.6 Å². The van der Waals surface area contributed by atoms with E-state index in [0.29, 0.717) is 5.95 Å². The van der Waals surface area contributed by atoms with Gasteiger partial charge in [-0.25, -0.2) is 9.31 Å². The zero-order chi connectivity index (χ0) is 18.0. The van der Waals surface area contributed by atoms with Crippen LogP contribution >= 0.6 is 0 Å². The van der Waals surface area contributed by atoms with E-state index in [0.717, 1.165) is 38.0 Å². The molecule has 1 atom stereocenters. The zero-order valence-corrected chi connectivity index (χ0v) is 14.9. The van der Waals surface area contributed by atoms with Gasteiger partial charge in [-0.15, -0.1) is 5.10 Å². The maximum Gasteiger partial charge on any atom is 0.324 e. The number of likely N-dealkylation sites (tertiary alicyclic amines) is 1. The highest BCUT2D eigenvalue weighted by Crippen LogP contribution is 2.34. The summed E-state index contributed by atoms with van der Waals surface area (Å²) in [4.78, 5) is 18.9. The Morgan fingerprint density at radius 1 is 1.08 bits per heavy atom. The summed E-state index contributed by atoms with van der Waals surface area (Å²) in [5, 5.41) is 7.13. The van der Waals surface area contributed by atoms with Crippen molar-refractivity contribution in [3.63, 3.8) is 0 Å². The molecule has 0 bridgehead atoms. The lowest BCUT2D eigenvalue weighted by atomic mass is 9.76. The molecule has 1 N–H and O–H groups in total. The third kappa shape index (κ3) is 3.27. The van der Waals surface area contributed by atoms with Crippen LogP contribution in [0, 0.1) is 0 Å². The first-order valence-corrected chi connectivity index (χ1v) is 9.07. The molecule has 1 aliphatic rings. The number of anilines is 1. The normalized spacial score (nSPS) is 20.7. The molecule has 0 aliphatic carbocycles. The highest BCUT2D eigenvalue weighted by atomic mass is 16.2. The average Bonchev–Trinajstić information content (AvgIpc) is 2.95. The molecule has 2 amide bonds. The number of nitrogens with one attached hydrogen (secondary N) is 1. The molecule has 4 rings (SSSR count). The molecule has 1 aromatic carbocycles. The molecule has 0 radical (unpaired) electrons. The Morgan fingerprint density at radius 2 is 1.88 bits per heavy atom.